The molecular formula is C12H9Cl2N3O3S. The maximum atomic E-state index is 12.0. The van der Waals surface area contributed by atoms with E-state index in [0.717, 1.165) is 6.26 Å². The van der Waals surface area contributed by atoms with Gasteiger partial charge in [0.15, 0.2) is 14.9 Å². The molecule has 0 aliphatic heterocycles. The van der Waals surface area contributed by atoms with E-state index in [0.29, 0.717) is 5.69 Å². The first-order valence-electron chi connectivity index (χ1n) is 5.56. The first-order chi connectivity index (χ1) is 9.75. The van der Waals surface area contributed by atoms with E-state index in [1.807, 2.05) is 0 Å². The number of nitrogens with zero attached hydrogens (tertiary/aromatic N) is 2. The molecule has 9 heteroatoms. The normalized spacial score (nSPS) is 11.2. The lowest BCUT2D eigenvalue weighted by Crippen LogP contribution is -2.12. The Morgan fingerprint density at radius 1 is 1.19 bits per heavy atom. The molecule has 2 rings (SSSR count). The van der Waals surface area contributed by atoms with Crippen molar-refractivity contribution in [2.24, 2.45) is 0 Å². The molecule has 0 aliphatic rings. The minimum Gasteiger partial charge on any atom is -0.321 e. The number of nitrogens with one attached hydrogen (secondary N) is 1. The van der Waals surface area contributed by atoms with E-state index in [2.05, 4.69) is 15.3 Å². The summed E-state index contributed by atoms with van der Waals surface area (Å²) in [5.41, 5.74) is 0.573. The highest BCUT2D eigenvalue weighted by Crippen LogP contribution is 2.17. The highest BCUT2D eigenvalue weighted by atomic mass is 35.5. The van der Waals surface area contributed by atoms with Gasteiger partial charge in [0.05, 0.1) is 11.9 Å². The number of amides is 1. The Kier molecular flexibility index (Phi) is 4.46. The fourth-order valence-electron chi connectivity index (χ4n) is 1.47. The number of halogens is 2. The van der Waals surface area contributed by atoms with Crippen LogP contribution < -0.4 is 5.32 Å². The van der Waals surface area contributed by atoms with Crippen LogP contribution in [0, 0.1) is 0 Å². The number of sulfone groups is 1. The Balaban J connectivity index is 2.20. The molecule has 2 aromatic heterocycles. The summed E-state index contributed by atoms with van der Waals surface area (Å²) >= 11 is 11.4. The predicted octanol–water partition coefficient (Wildman–Crippen LogP) is 2.44. The van der Waals surface area contributed by atoms with Gasteiger partial charge in [0.25, 0.3) is 5.91 Å². The lowest BCUT2D eigenvalue weighted by molar-refractivity contribution is 0.102. The van der Waals surface area contributed by atoms with Gasteiger partial charge < -0.3 is 5.32 Å². The molecule has 0 aliphatic carbocycles. The number of aromatic nitrogens is 2. The quantitative estimate of drug-likeness (QED) is 0.863. The van der Waals surface area contributed by atoms with Gasteiger partial charge in [-0.15, -0.1) is 0 Å². The molecule has 2 aromatic rings. The number of hydrogen-bond acceptors (Lipinski definition) is 5. The van der Waals surface area contributed by atoms with Gasteiger partial charge in [0, 0.05) is 11.8 Å². The summed E-state index contributed by atoms with van der Waals surface area (Å²) in [4.78, 5) is 19.5. The second-order valence-corrected chi connectivity index (χ2v) is 6.85. The molecule has 0 aromatic carbocycles. The zero-order valence-corrected chi connectivity index (χ0v) is 13.0. The minimum atomic E-state index is -3.38. The molecule has 1 N–H and O–H groups in total. The van der Waals surface area contributed by atoms with Crippen molar-refractivity contribution >= 4 is 44.6 Å². The number of carbonyl (C=O) groups excluding carboxylic acids is 1. The van der Waals surface area contributed by atoms with E-state index in [1.165, 1.54) is 30.5 Å². The Bertz CT molecular complexity index is 772. The topological polar surface area (TPSA) is 89.0 Å². The van der Waals surface area contributed by atoms with E-state index in [-0.39, 0.29) is 20.9 Å². The van der Waals surface area contributed by atoms with Crippen LogP contribution in [0.15, 0.2) is 35.5 Å². The van der Waals surface area contributed by atoms with Crippen molar-refractivity contribution in [2.45, 2.75) is 5.03 Å². The maximum absolute atomic E-state index is 12.0. The van der Waals surface area contributed by atoms with Gasteiger partial charge >= 0.3 is 0 Å². The summed E-state index contributed by atoms with van der Waals surface area (Å²) in [6.45, 7) is 0. The molecule has 0 spiro atoms. The molecule has 0 fully saturated rings. The first-order valence-corrected chi connectivity index (χ1v) is 8.21. The maximum Gasteiger partial charge on any atom is 0.255 e. The van der Waals surface area contributed by atoms with Gasteiger partial charge in [-0.05, 0) is 24.3 Å². The molecule has 2 heterocycles. The molecule has 0 saturated carbocycles. The molecule has 0 saturated heterocycles. The molecule has 6 nitrogen and oxygen atoms in total. The van der Waals surface area contributed by atoms with Gasteiger partial charge in [-0.2, -0.15) is 0 Å². The van der Waals surface area contributed by atoms with E-state index in [1.54, 1.807) is 0 Å². The number of pyridine rings is 2. The average Bonchev–Trinajstić information content (AvgIpc) is 2.37. The molecule has 0 bridgehead atoms. The molecular weight excluding hydrogens is 337 g/mol. The fourth-order valence-corrected chi connectivity index (χ4v) is 2.49. The van der Waals surface area contributed by atoms with Crippen molar-refractivity contribution < 1.29 is 13.2 Å². The smallest absolute Gasteiger partial charge is 0.255 e. The fraction of sp³-hybridized carbons (Fsp3) is 0.0833. The van der Waals surface area contributed by atoms with Crippen LogP contribution in [0.3, 0.4) is 0 Å². The third-order valence-corrected chi connectivity index (χ3v) is 3.79. The second-order valence-electron chi connectivity index (χ2n) is 4.11. The zero-order valence-electron chi connectivity index (χ0n) is 10.7. The minimum absolute atomic E-state index is 0.0736. The average molecular weight is 346 g/mol. The number of anilines is 1. The molecule has 0 atom stereocenters. The lowest BCUT2D eigenvalue weighted by atomic mass is 10.2. The molecule has 0 unspecified atom stereocenters. The highest BCUT2D eigenvalue weighted by molar-refractivity contribution is 7.90. The summed E-state index contributed by atoms with van der Waals surface area (Å²) < 4.78 is 22.6. The summed E-state index contributed by atoms with van der Waals surface area (Å²) in [5, 5.41) is 2.67. The van der Waals surface area contributed by atoms with Crippen molar-refractivity contribution in [3.8, 4) is 0 Å². The van der Waals surface area contributed by atoms with Crippen LogP contribution in [0.2, 0.25) is 10.3 Å². The lowest BCUT2D eigenvalue weighted by Gasteiger charge is -2.06. The standard InChI is InChI=1S/C12H9Cl2N3O3S/c1-21(19,20)11-3-2-8(6-15-11)16-12(18)7-4-9(13)17-10(14)5-7/h2-6H,1H3,(H,16,18). The van der Waals surface area contributed by atoms with Crippen LogP contribution in [0.25, 0.3) is 0 Å². The first kappa shape index (κ1) is 15.7. The van der Waals surface area contributed by atoms with Gasteiger partial charge in [0.2, 0.25) is 0 Å². The number of hydrogen-bond donors (Lipinski definition) is 1. The van der Waals surface area contributed by atoms with Gasteiger partial charge in [0.1, 0.15) is 10.3 Å². The summed E-state index contributed by atoms with van der Waals surface area (Å²) in [5.74, 6) is -0.463. The van der Waals surface area contributed by atoms with Crippen LogP contribution in [0.1, 0.15) is 10.4 Å². The van der Waals surface area contributed by atoms with E-state index >= 15 is 0 Å². The Labute approximate surface area is 131 Å². The van der Waals surface area contributed by atoms with Crippen LogP contribution in [0.5, 0.6) is 0 Å². The van der Waals surface area contributed by atoms with Crippen LogP contribution in [-0.4, -0.2) is 30.5 Å². The van der Waals surface area contributed by atoms with Gasteiger partial charge in [-0.3, -0.25) is 4.79 Å². The third-order valence-electron chi connectivity index (χ3n) is 2.40. The second kappa shape index (κ2) is 5.97. The Hall–Kier alpha value is -1.70. The van der Waals surface area contributed by atoms with Gasteiger partial charge in [-0.25, -0.2) is 18.4 Å². The van der Waals surface area contributed by atoms with Crippen molar-refractivity contribution in [3.63, 3.8) is 0 Å². The Morgan fingerprint density at radius 3 is 2.29 bits per heavy atom. The van der Waals surface area contributed by atoms with Crippen LogP contribution in [-0.2, 0) is 9.84 Å². The van der Waals surface area contributed by atoms with E-state index in [9.17, 15) is 13.2 Å². The predicted molar refractivity (Wildman–Crippen MR) is 79.6 cm³/mol. The van der Waals surface area contributed by atoms with Gasteiger partial charge in [-0.1, -0.05) is 23.2 Å². The monoisotopic (exact) mass is 345 g/mol. The van der Waals surface area contributed by atoms with Crippen molar-refractivity contribution in [3.05, 3.63) is 46.3 Å². The Morgan fingerprint density at radius 2 is 1.81 bits per heavy atom. The van der Waals surface area contributed by atoms with Crippen molar-refractivity contribution in [1.82, 2.24) is 9.97 Å². The largest absolute Gasteiger partial charge is 0.321 e. The summed E-state index contributed by atoms with van der Waals surface area (Å²) in [6.07, 6.45) is 2.30. The van der Waals surface area contributed by atoms with Crippen molar-refractivity contribution in [1.29, 1.82) is 0 Å². The van der Waals surface area contributed by atoms with E-state index in [4.69, 9.17) is 23.2 Å². The van der Waals surface area contributed by atoms with Crippen LogP contribution in [0.4, 0.5) is 5.69 Å². The molecule has 110 valence electrons. The highest BCUT2D eigenvalue weighted by Gasteiger charge is 2.11. The van der Waals surface area contributed by atoms with E-state index < -0.39 is 15.7 Å². The third kappa shape index (κ3) is 4.13. The SMILES string of the molecule is CS(=O)(=O)c1ccc(NC(=O)c2cc(Cl)nc(Cl)c2)cn1. The number of rotatable bonds is 3. The molecule has 0 radical (unpaired) electrons. The summed E-state index contributed by atoms with van der Waals surface area (Å²) in [7, 11) is -3.38. The zero-order chi connectivity index (χ0) is 15.6. The van der Waals surface area contributed by atoms with Crippen LogP contribution >= 0.6 is 23.2 Å². The molecule has 21 heavy (non-hydrogen) atoms. The van der Waals surface area contributed by atoms with Crippen molar-refractivity contribution in [2.75, 3.05) is 11.6 Å². The summed E-state index contributed by atoms with van der Waals surface area (Å²) in [6, 6.07) is 5.46. The number of carbonyl (C=O) groups is 1. The molecule has 1 amide bonds.